The van der Waals surface area contributed by atoms with E-state index >= 15 is 0 Å². The molecule has 1 heterocycles. The lowest BCUT2D eigenvalue weighted by Crippen LogP contribution is -2.43. The Kier molecular flexibility index (Phi) is 2.85. The van der Waals surface area contributed by atoms with Crippen LogP contribution in [0, 0.1) is 5.92 Å². The number of rotatable bonds is 2. The summed E-state index contributed by atoms with van der Waals surface area (Å²) in [5.41, 5.74) is 7.73. The number of nitrogen functional groups attached to an aromatic ring is 1. The quantitative estimate of drug-likeness (QED) is 0.865. The Balaban J connectivity index is 1.86. The van der Waals surface area contributed by atoms with Crippen molar-refractivity contribution in [2.45, 2.75) is 25.8 Å². The number of nitrogens with two attached hydrogens (primary N) is 1. The van der Waals surface area contributed by atoms with Gasteiger partial charge in [-0.1, -0.05) is 25.1 Å². The molecule has 0 bridgehead atoms. The van der Waals surface area contributed by atoms with Gasteiger partial charge in [0.1, 0.15) is 5.69 Å². The van der Waals surface area contributed by atoms with Crippen molar-refractivity contribution in [2.24, 2.45) is 5.92 Å². The molecule has 1 aliphatic rings. The molecule has 1 saturated carbocycles. The van der Waals surface area contributed by atoms with Crippen molar-refractivity contribution in [2.75, 3.05) is 5.73 Å². The van der Waals surface area contributed by atoms with Crippen LogP contribution < -0.4 is 11.1 Å². The van der Waals surface area contributed by atoms with Crippen molar-refractivity contribution < 1.29 is 4.79 Å². The van der Waals surface area contributed by atoms with Crippen molar-refractivity contribution in [1.29, 1.82) is 0 Å². The molecule has 3 rings (SSSR count). The third-order valence-electron chi connectivity index (χ3n) is 3.69. The summed E-state index contributed by atoms with van der Waals surface area (Å²) < 4.78 is 0. The summed E-state index contributed by atoms with van der Waals surface area (Å²) in [6.45, 7) is 2.19. The lowest BCUT2D eigenvalue weighted by atomic mass is 9.82. The fourth-order valence-corrected chi connectivity index (χ4v) is 2.60. The maximum Gasteiger partial charge on any atom is 0.270 e. The van der Waals surface area contributed by atoms with Gasteiger partial charge in [0.05, 0.1) is 5.52 Å². The number of pyridine rings is 1. The van der Waals surface area contributed by atoms with E-state index in [2.05, 4.69) is 17.2 Å². The zero-order valence-electron chi connectivity index (χ0n) is 10.9. The third kappa shape index (κ3) is 2.26. The van der Waals surface area contributed by atoms with E-state index in [1.807, 2.05) is 24.3 Å². The molecule has 98 valence electrons. The molecule has 0 spiro atoms. The number of hydrogen-bond acceptors (Lipinski definition) is 3. The number of para-hydroxylation sites is 1. The maximum atomic E-state index is 12.1. The van der Waals surface area contributed by atoms with E-state index in [-0.39, 0.29) is 11.9 Å². The molecule has 3 N–H and O–H groups in total. The summed E-state index contributed by atoms with van der Waals surface area (Å²) in [4.78, 5) is 16.5. The molecule has 2 aromatic rings. The fourth-order valence-electron chi connectivity index (χ4n) is 2.60. The second-order valence-electron chi connectivity index (χ2n) is 5.36. The van der Waals surface area contributed by atoms with E-state index in [0.29, 0.717) is 17.3 Å². The minimum Gasteiger partial charge on any atom is -0.398 e. The number of amides is 1. The van der Waals surface area contributed by atoms with Gasteiger partial charge in [-0.2, -0.15) is 0 Å². The molecule has 1 aromatic carbocycles. The standard InChI is InChI=1S/C15H17N3O/c1-9-6-10(7-9)17-15(19)14-8-12(16)11-4-2-3-5-13(11)18-14/h2-5,8-10H,6-7H2,1H3,(H2,16,18)(H,17,19). The van der Waals surface area contributed by atoms with Crippen LogP contribution in [0.25, 0.3) is 10.9 Å². The molecule has 0 radical (unpaired) electrons. The summed E-state index contributed by atoms with van der Waals surface area (Å²) in [6.07, 6.45) is 2.10. The van der Waals surface area contributed by atoms with E-state index in [1.54, 1.807) is 6.07 Å². The first-order valence-electron chi connectivity index (χ1n) is 6.59. The second-order valence-corrected chi connectivity index (χ2v) is 5.36. The molecule has 0 unspecified atom stereocenters. The maximum absolute atomic E-state index is 12.1. The molecule has 19 heavy (non-hydrogen) atoms. The van der Waals surface area contributed by atoms with Gasteiger partial charge in [0, 0.05) is 17.1 Å². The molecule has 1 aliphatic carbocycles. The van der Waals surface area contributed by atoms with E-state index in [0.717, 1.165) is 23.7 Å². The van der Waals surface area contributed by atoms with Crippen molar-refractivity contribution >= 4 is 22.5 Å². The van der Waals surface area contributed by atoms with Crippen LogP contribution in [-0.4, -0.2) is 16.9 Å². The first kappa shape index (κ1) is 12.0. The van der Waals surface area contributed by atoms with E-state index in [1.165, 1.54) is 0 Å². The summed E-state index contributed by atoms with van der Waals surface area (Å²) in [5, 5.41) is 3.88. The molecule has 0 atom stereocenters. The minimum atomic E-state index is -0.130. The van der Waals surface area contributed by atoms with E-state index < -0.39 is 0 Å². The van der Waals surface area contributed by atoms with Crippen LogP contribution >= 0.6 is 0 Å². The van der Waals surface area contributed by atoms with Crippen LogP contribution in [0.1, 0.15) is 30.3 Å². The Bertz CT molecular complexity index is 632. The third-order valence-corrected chi connectivity index (χ3v) is 3.69. The Hall–Kier alpha value is -2.10. The molecule has 0 aliphatic heterocycles. The van der Waals surface area contributed by atoms with Crippen LogP contribution in [0.4, 0.5) is 5.69 Å². The van der Waals surface area contributed by atoms with Gasteiger partial charge < -0.3 is 11.1 Å². The van der Waals surface area contributed by atoms with E-state index in [9.17, 15) is 4.79 Å². The van der Waals surface area contributed by atoms with Gasteiger partial charge in [0.15, 0.2) is 0 Å². The normalized spacial score (nSPS) is 21.9. The highest BCUT2D eigenvalue weighted by Crippen LogP contribution is 2.27. The van der Waals surface area contributed by atoms with Crippen LogP contribution in [0.5, 0.6) is 0 Å². The Morgan fingerprint density at radius 3 is 2.84 bits per heavy atom. The number of nitrogens with one attached hydrogen (secondary N) is 1. The smallest absolute Gasteiger partial charge is 0.270 e. The van der Waals surface area contributed by atoms with Gasteiger partial charge in [-0.3, -0.25) is 4.79 Å². The number of benzene rings is 1. The summed E-state index contributed by atoms with van der Waals surface area (Å²) in [5.74, 6) is 0.578. The summed E-state index contributed by atoms with van der Waals surface area (Å²) in [6, 6.07) is 9.53. The van der Waals surface area contributed by atoms with Crippen molar-refractivity contribution in [1.82, 2.24) is 10.3 Å². The van der Waals surface area contributed by atoms with Gasteiger partial charge in [0.25, 0.3) is 5.91 Å². The Labute approximate surface area is 112 Å². The largest absolute Gasteiger partial charge is 0.398 e. The van der Waals surface area contributed by atoms with E-state index in [4.69, 9.17) is 5.73 Å². The predicted molar refractivity (Wildman–Crippen MR) is 75.8 cm³/mol. The van der Waals surface area contributed by atoms with Gasteiger partial charge in [0.2, 0.25) is 0 Å². The number of nitrogens with zero attached hydrogens (tertiary/aromatic N) is 1. The van der Waals surface area contributed by atoms with Crippen LogP contribution in [0.3, 0.4) is 0 Å². The van der Waals surface area contributed by atoms with Gasteiger partial charge >= 0.3 is 0 Å². The van der Waals surface area contributed by atoms with Crippen molar-refractivity contribution in [3.63, 3.8) is 0 Å². The van der Waals surface area contributed by atoms with Gasteiger partial charge in [-0.15, -0.1) is 0 Å². The highest BCUT2D eigenvalue weighted by Gasteiger charge is 2.27. The lowest BCUT2D eigenvalue weighted by molar-refractivity contribution is 0.0891. The van der Waals surface area contributed by atoms with Crippen molar-refractivity contribution in [3.8, 4) is 0 Å². The van der Waals surface area contributed by atoms with Gasteiger partial charge in [-0.25, -0.2) is 4.98 Å². The Morgan fingerprint density at radius 2 is 2.11 bits per heavy atom. The first-order chi connectivity index (χ1) is 9.13. The fraction of sp³-hybridized carbons (Fsp3) is 0.333. The molecule has 0 saturated heterocycles. The van der Waals surface area contributed by atoms with Gasteiger partial charge in [-0.05, 0) is 30.9 Å². The molecular weight excluding hydrogens is 238 g/mol. The van der Waals surface area contributed by atoms with Crippen LogP contribution in [-0.2, 0) is 0 Å². The zero-order valence-corrected chi connectivity index (χ0v) is 10.9. The Morgan fingerprint density at radius 1 is 1.37 bits per heavy atom. The van der Waals surface area contributed by atoms with Crippen LogP contribution in [0.2, 0.25) is 0 Å². The van der Waals surface area contributed by atoms with Crippen LogP contribution in [0.15, 0.2) is 30.3 Å². The number of aromatic nitrogens is 1. The number of hydrogen-bond donors (Lipinski definition) is 2. The molecular formula is C15H17N3O. The monoisotopic (exact) mass is 255 g/mol. The SMILES string of the molecule is CC1CC(NC(=O)c2cc(N)c3ccccc3n2)C1. The van der Waals surface area contributed by atoms with Crippen molar-refractivity contribution in [3.05, 3.63) is 36.0 Å². The highest BCUT2D eigenvalue weighted by molar-refractivity contribution is 5.99. The number of fused-ring (bicyclic) bond motifs is 1. The molecule has 1 amide bonds. The number of carbonyl (C=O) groups is 1. The number of carbonyl (C=O) groups excluding carboxylic acids is 1. The summed E-state index contributed by atoms with van der Waals surface area (Å²) >= 11 is 0. The second kappa shape index (κ2) is 4.53. The summed E-state index contributed by atoms with van der Waals surface area (Å²) in [7, 11) is 0. The highest BCUT2D eigenvalue weighted by atomic mass is 16.1. The minimum absolute atomic E-state index is 0.130. The molecule has 4 heteroatoms. The first-order valence-corrected chi connectivity index (χ1v) is 6.59. The lowest BCUT2D eigenvalue weighted by Gasteiger charge is -2.33. The zero-order chi connectivity index (χ0) is 13.4. The average Bonchev–Trinajstić information content (AvgIpc) is 2.37. The molecule has 1 fully saturated rings. The average molecular weight is 255 g/mol. The molecule has 4 nitrogen and oxygen atoms in total. The number of anilines is 1. The topological polar surface area (TPSA) is 68.0 Å². The predicted octanol–water partition coefficient (Wildman–Crippen LogP) is 2.35. The molecule has 1 aromatic heterocycles.